The Morgan fingerprint density at radius 2 is 2.00 bits per heavy atom. The molecule has 1 heterocycles. The van der Waals surface area contributed by atoms with Crippen molar-refractivity contribution in [2.75, 3.05) is 0 Å². The summed E-state index contributed by atoms with van der Waals surface area (Å²) >= 11 is 7.29. The topological polar surface area (TPSA) is 26.3 Å². The highest BCUT2D eigenvalue weighted by Gasteiger charge is 2.12. The number of esters is 1. The van der Waals surface area contributed by atoms with Crippen LogP contribution in [0, 0.1) is 6.92 Å². The van der Waals surface area contributed by atoms with E-state index in [1.165, 1.54) is 11.3 Å². The molecule has 0 saturated heterocycles. The standard InChI is InChI=1S/C12H9ClO2S/c1-8-6-7-11(16-8)12(14)15-10-5-3-2-4-9(10)13/h2-7H,1H3. The predicted molar refractivity (Wildman–Crippen MR) is 65.5 cm³/mol. The van der Waals surface area contributed by atoms with E-state index in [0.717, 1.165) is 4.88 Å². The van der Waals surface area contributed by atoms with Crippen molar-refractivity contribution in [2.24, 2.45) is 0 Å². The molecule has 4 heteroatoms. The van der Waals surface area contributed by atoms with Gasteiger partial charge in [0.1, 0.15) is 10.6 Å². The van der Waals surface area contributed by atoms with Crippen molar-refractivity contribution in [1.82, 2.24) is 0 Å². The van der Waals surface area contributed by atoms with Crippen LogP contribution in [-0.2, 0) is 0 Å². The van der Waals surface area contributed by atoms with Crippen LogP contribution >= 0.6 is 22.9 Å². The maximum Gasteiger partial charge on any atom is 0.353 e. The van der Waals surface area contributed by atoms with Crippen LogP contribution in [0.25, 0.3) is 0 Å². The number of thiophene rings is 1. The Labute approximate surface area is 102 Å². The summed E-state index contributed by atoms with van der Waals surface area (Å²) in [5, 5.41) is 0.434. The van der Waals surface area contributed by atoms with Crippen LogP contribution in [0.15, 0.2) is 36.4 Å². The van der Waals surface area contributed by atoms with Gasteiger partial charge in [-0.1, -0.05) is 23.7 Å². The number of para-hydroxylation sites is 1. The van der Waals surface area contributed by atoms with Gasteiger partial charge in [-0.2, -0.15) is 0 Å². The second-order valence-corrected chi connectivity index (χ2v) is 4.93. The first-order valence-corrected chi connectivity index (χ1v) is 5.89. The van der Waals surface area contributed by atoms with Crippen LogP contribution in [0.2, 0.25) is 5.02 Å². The van der Waals surface area contributed by atoms with Gasteiger partial charge in [0.25, 0.3) is 0 Å². The van der Waals surface area contributed by atoms with Crippen LogP contribution in [0.1, 0.15) is 14.5 Å². The van der Waals surface area contributed by atoms with E-state index in [4.69, 9.17) is 16.3 Å². The van der Waals surface area contributed by atoms with Crippen molar-refractivity contribution >= 4 is 28.9 Å². The molecule has 0 radical (unpaired) electrons. The van der Waals surface area contributed by atoms with Gasteiger partial charge in [0.15, 0.2) is 0 Å². The lowest BCUT2D eigenvalue weighted by Gasteiger charge is -2.03. The number of hydrogen-bond acceptors (Lipinski definition) is 3. The van der Waals surface area contributed by atoms with E-state index in [1.807, 2.05) is 13.0 Å². The summed E-state index contributed by atoms with van der Waals surface area (Å²) in [7, 11) is 0. The predicted octanol–water partition coefficient (Wildman–Crippen LogP) is 3.93. The average molecular weight is 253 g/mol. The number of benzene rings is 1. The van der Waals surface area contributed by atoms with Crippen molar-refractivity contribution in [3.05, 3.63) is 51.2 Å². The Morgan fingerprint density at radius 3 is 2.62 bits per heavy atom. The lowest BCUT2D eigenvalue weighted by atomic mass is 10.3. The highest BCUT2D eigenvalue weighted by molar-refractivity contribution is 7.13. The summed E-state index contributed by atoms with van der Waals surface area (Å²) in [6.07, 6.45) is 0. The molecular weight excluding hydrogens is 244 g/mol. The summed E-state index contributed by atoms with van der Waals surface area (Å²) in [4.78, 5) is 13.4. The molecule has 1 aromatic heterocycles. The monoisotopic (exact) mass is 252 g/mol. The Morgan fingerprint density at radius 1 is 1.25 bits per heavy atom. The lowest BCUT2D eigenvalue weighted by molar-refractivity contribution is 0.0740. The minimum absolute atomic E-state index is 0.369. The number of rotatable bonds is 2. The fourth-order valence-electron chi connectivity index (χ4n) is 1.22. The first-order valence-electron chi connectivity index (χ1n) is 4.70. The molecule has 1 aromatic carbocycles. The third-order valence-electron chi connectivity index (χ3n) is 1.98. The number of hydrogen-bond donors (Lipinski definition) is 0. The number of ether oxygens (including phenoxy) is 1. The minimum atomic E-state index is -0.369. The smallest absolute Gasteiger partial charge is 0.353 e. The van der Waals surface area contributed by atoms with Gasteiger partial charge in [0.05, 0.1) is 5.02 Å². The molecule has 82 valence electrons. The fourth-order valence-corrected chi connectivity index (χ4v) is 2.14. The largest absolute Gasteiger partial charge is 0.421 e. The van der Waals surface area contributed by atoms with Crippen LogP contribution < -0.4 is 4.74 Å². The fraction of sp³-hybridized carbons (Fsp3) is 0.0833. The van der Waals surface area contributed by atoms with E-state index in [2.05, 4.69) is 0 Å². The third-order valence-corrected chi connectivity index (χ3v) is 3.27. The minimum Gasteiger partial charge on any atom is -0.421 e. The van der Waals surface area contributed by atoms with Crippen molar-refractivity contribution in [3.8, 4) is 5.75 Å². The Balaban J connectivity index is 2.17. The van der Waals surface area contributed by atoms with Crippen molar-refractivity contribution < 1.29 is 9.53 Å². The zero-order valence-corrected chi connectivity index (χ0v) is 10.1. The van der Waals surface area contributed by atoms with Gasteiger partial charge in [-0.05, 0) is 31.2 Å². The maximum absolute atomic E-state index is 11.7. The quantitative estimate of drug-likeness (QED) is 0.598. The maximum atomic E-state index is 11.7. The molecule has 0 aliphatic rings. The summed E-state index contributed by atoms with van der Waals surface area (Å²) < 4.78 is 5.18. The van der Waals surface area contributed by atoms with Crippen molar-refractivity contribution in [3.63, 3.8) is 0 Å². The number of aryl methyl sites for hydroxylation is 1. The first-order chi connectivity index (χ1) is 7.66. The Hall–Kier alpha value is -1.32. The van der Waals surface area contributed by atoms with Gasteiger partial charge in [-0.3, -0.25) is 0 Å². The molecule has 2 nitrogen and oxygen atoms in total. The highest BCUT2D eigenvalue weighted by Crippen LogP contribution is 2.25. The molecular formula is C12H9ClO2S. The molecule has 2 aromatic rings. The summed E-state index contributed by atoms with van der Waals surface area (Å²) in [5.41, 5.74) is 0. The molecule has 0 aliphatic carbocycles. The van der Waals surface area contributed by atoms with Gasteiger partial charge in [-0.15, -0.1) is 11.3 Å². The summed E-state index contributed by atoms with van der Waals surface area (Å²) in [6.45, 7) is 1.94. The van der Waals surface area contributed by atoms with E-state index in [9.17, 15) is 4.79 Å². The average Bonchev–Trinajstić information content (AvgIpc) is 2.68. The molecule has 0 atom stereocenters. The lowest BCUT2D eigenvalue weighted by Crippen LogP contribution is -2.06. The highest BCUT2D eigenvalue weighted by atomic mass is 35.5. The summed E-state index contributed by atoms with van der Waals surface area (Å²) in [5.74, 6) is 0.0198. The van der Waals surface area contributed by atoms with E-state index in [0.29, 0.717) is 15.6 Å². The van der Waals surface area contributed by atoms with Crippen LogP contribution in [0.5, 0.6) is 5.75 Å². The molecule has 0 saturated carbocycles. The zero-order valence-electron chi connectivity index (χ0n) is 8.57. The van der Waals surface area contributed by atoms with Gasteiger partial charge < -0.3 is 4.74 Å². The van der Waals surface area contributed by atoms with E-state index in [-0.39, 0.29) is 5.97 Å². The first kappa shape index (κ1) is 11.2. The summed E-state index contributed by atoms with van der Waals surface area (Å²) in [6, 6.07) is 10.5. The van der Waals surface area contributed by atoms with Crippen molar-refractivity contribution in [1.29, 1.82) is 0 Å². The number of carbonyl (C=O) groups is 1. The second-order valence-electron chi connectivity index (χ2n) is 3.23. The molecule has 16 heavy (non-hydrogen) atoms. The Kier molecular flexibility index (Phi) is 3.27. The van der Waals surface area contributed by atoms with E-state index >= 15 is 0 Å². The SMILES string of the molecule is Cc1ccc(C(=O)Oc2ccccc2Cl)s1. The normalized spacial score (nSPS) is 10.1. The van der Waals surface area contributed by atoms with E-state index in [1.54, 1.807) is 30.3 Å². The Bertz CT molecular complexity index is 519. The molecule has 0 bridgehead atoms. The second kappa shape index (κ2) is 4.68. The van der Waals surface area contributed by atoms with Gasteiger partial charge >= 0.3 is 5.97 Å². The third kappa shape index (κ3) is 2.43. The number of carbonyl (C=O) groups excluding carboxylic acids is 1. The molecule has 0 spiro atoms. The van der Waals surface area contributed by atoms with Gasteiger partial charge in [0.2, 0.25) is 0 Å². The molecule has 0 N–H and O–H groups in total. The van der Waals surface area contributed by atoms with Crippen molar-refractivity contribution in [2.45, 2.75) is 6.92 Å². The molecule has 0 aliphatic heterocycles. The molecule has 0 fully saturated rings. The van der Waals surface area contributed by atoms with Gasteiger partial charge in [-0.25, -0.2) is 4.79 Å². The van der Waals surface area contributed by atoms with E-state index < -0.39 is 0 Å². The van der Waals surface area contributed by atoms with Gasteiger partial charge in [0, 0.05) is 4.88 Å². The zero-order chi connectivity index (χ0) is 11.5. The molecule has 0 unspecified atom stereocenters. The van der Waals surface area contributed by atoms with Crippen LogP contribution in [0.4, 0.5) is 0 Å². The molecule has 2 rings (SSSR count). The van der Waals surface area contributed by atoms with Crippen LogP contribution in [0.3, 0.4) is 0 Å². The number of halogens is 1. The molecule has 0 amide bonds. The van der Waals surface area contributed by atoms with Crippen LogP contribution in [-0.4, -0.2) is 5.97 Å².